The highest BCUT2D eigenvalue weighted by atomic mass is 16.5. The van der Waals surface area contributed by atoms with Gasteiger partial charge in [0, 0.05) is 19.0 Å². The van der Waals surface area contributed by atoms with Gasteiger partial charge in [-0.15, -0.1) is 0 Å². The first-order valence-electron chi connectivity index (χ1n) is 11.3. The Morgan fingerprint density at radius 1 is 0.939 bits per heavy atom. The van der Waals surface area contributed by atoms with Crippen molar-refractivity contribution in [3.63, 3.8) is 0 Å². The first kappa shape index (κ1) is 26.0. The average molecular weight is 457 g/mol. The Hall–Kier alpha value is -3.22. The van der Waals surface area contributed by atoms with Gasteiger partial charge in [-0.2, -0.15) is 0 Å². The minimum atomic E-state index is -0.559. The largest absolute Gasteiger partial charge is 0.497 e. The van der Waals surface area contributed by atoms with Crippen LogP contribution < -0.4 is 19.5 Å². The first-order chi connectivity index (χ1) is 15.8. The molecule has 0 aliphatic rings. The zero-order valence-corrected chi connectivity index (χ0v) is 20.5. The van der Waals surface area contributed by atoms with Gasteiger partial charge in [-0.1, -0.05) is 25.1 Å². The van der Waals surface area contributed by atoms with Crippen molar-refractivity contribution in [2.24, 2.45) is 0 Å². The maximum Gasteiger partial charge on any atom is 0.243 e. The van der Waals surface area contributed by atoms with Crippen molar-refractivity contribution in [3.05, 3.63) is 53.6 Å². The van der Waals surface area contributed by atoms with Gasteiger partial charge in [-0.3, -0.25) is 9.59 Å². The van der Waals surface area contributed by atoms with Crippen LogP contribution in [0, 0.1) is 0 Å². The maximum absolute atomic E-state index is 13.4. The lowest BCUT2D eigenvalue weighted by atomic mass is 10.1. The molecule has 7 heteroatoms. The summed E-state index contributed by atoms with van der Waals surface area (Å²) in [4.78, 5) is 28.0. The van der Waals surface area contributed by atoms with Crippen LogP contribution in [0.1, 0.15) is 44.7 Å². The van der Waals surface area contributed by atoms with Crippen LogP contribution in [0.15, 0.2) is 42.5 Å². The van der Waals surface area contributed by atoms with Crippen LogP contribution in [0.2, 0.25) is 0 Å². The van der Waals surface area contributed by atoms with Gasteiger partial charge in [0.1, 0.15) is 11.8 Å². The third-order valence-corrected chi connectivity index (χ3v) is 5.38. The molecule has 2 amide bonds. The SMILES string of the molecule is CC[C@@H](C(=O)NC(C)C)N(Cc1cccc(OC)c1)C(=O)CCc1ccc(OC)c(OC)c1. The quantitative estimate of drug-likeness (QED) is 0.523. The van der Waals surface area contributed by atoms with Crippen molar-refractivity contribution in [2.45, 2.75) is 58.7 Å². The lowest BCUT2D eigenvalue weighted by molar-refractivity contribution is -0.141. The molecule has 180 valence electrons. The van der Waals surface area contributed by atoms with Crippen LogP contribution >= 0.6 is 0 Å². The normalized spacial score (nSPS) is 11.6. The average Bonchev–Trinajstić information content (AvgIpc) is 2.81. The molecule has 1 N–H and O–H groups in total. The van der Waals surface area contributed by atoms with Gasteiger partial charge in [-0.05, 0) is 62.1 Å². The fraction of sp³-hybridized carbons (Fsp3) is 0.462. The van der Waals surface area contributed by atoms with E-state index >= 15 is 0 Å². The highest BCUT2D eigenvalue weighted by Crippen LogP contribution is 2.28. The number of nitrogens with zero attached hydrogens (tertiary/aromatic N) is 1. The van der Waals surface area contributed by atoms with Crippen molar-refractivity contribution < 1.29 is 23.8 Å². The third kappa shape index (κ3) is 7.41. The fourth-order valence-corrected chi connectivity index (χ4v) is 3.70. The van der Waals surface area contributed by atoms with E-state index in [1.165, 1.54) is 0 Å². The molecule has 2 aromatic carbocycles. The minimum absolute atomic E-state index is 0.00733. The molecule has 0 aromatic heterocycles. The van der Waals surface area contributed by atoms with Crippen molar-refractivity contribution >= 4 is 11.8 Å². The van der Waals surface area contributed by atoms with Crippen LogP contribution in [0.3, 0.4) is 0 Å². The Morgan fingerprint density at radius 3 is 2.27 bits per heavy atom. The number of carbonyl (C=O) groups is 2. The number of benzene rings is 2. The third-order valence-electron chi connectivity index (χ3n) is 5.38. The van der Waals surface area contributed by atoms with Crippen molar-refractivity contribution in [3.8, 4) is 17.2 Å². The molecule has 2 rings (SSSR count). The van der Waals surface area contributed by atoms with Gasteiger partial charge in [-0.25, -0.2) is 0 Å². The predicted octanol–water partition coefficient (Wildman–Crippen LogP) is 3.98. The van der Waals surface area contributed by atoms with Crippen molar-refractivity contribution in [1.29, 1.82) is 0 Å². The second-order valence-corrected chi connectivity index (χ2v) is 8.15. The van der Waals surface area contributed by atoms with Crippen LogP contribution in [-0.4, -0.2) is 50.1 Å². The molecule has 33 heavy (non-hydrogen) atoms. The Bertz CT molecular complexity index is 929. The summed E-state index contributed by atoms with van der Waals surface area (Å²) in [7, 11) is 4.78. The van der Waals surface area contributed by atoms with Gasteiger partial charge in [0.25, 0.3) is 0 Å². The smallest absolute Gasteiger partial charge is 0.243 e. The summed E-state index contributed by atoms with van der Waals surface area (Å²) in [5.41, 5.74) is 1.87. The molecule has 0 radical (unpaired) electrons. The van der Waals surface area contributed by atoms with Crippen LogP contribution in [0.25, 0.3) is 0 Å². The molecule has 0 aliphatic carbocycles. The summed E-state index contributed by atoms with van der Waals surface area (Å²) >= 11 is 0. The second-order valence-electron chi connectivity index (χ2n) is 8.15. The molecule has 0 unspecified atom stereocenters. The van der Waals surface area contributed by atoms with Crippen LogP contribution in [-0.2, 0) is 22.6 Å². The number of methoxy groups -OCH3 is 3. The number of ether oxygens (including phenoxy) is 3. The highest BCUT2D eigenvalue weighted by molar-refractivity contribution is 5.87. The first-order valence-corrected chi connectivity index (χ1v) is 11.3. The van der Waals surface area contributed by atoms with Gasteiger partial charge in [0.2, 0.25) is 11.8 Å². The molecular formula is C26H36N2O5. The van der Waals surface area contributed by atoms with Gasteiger partial charge in [0.15, 0.2) is 11.5 Å². The number of carbonyl (C=O) groups excluding carboxylic acids is 2. The Kier molecular flexibility index (Phi) is 10.0. The molecule has 7 nitrogen and oxygen atoms in total. The second kappa shape index (κ2) is 12.7. The highest BCUT2D eigenvalue weighted by Gasteiger charge is 2.28. The molecule has 0 saturated carbocycles. The van der Waals surface area contributed by atoms with E-state index in [9.17, 15) is 9.59 Å². The van der Waals surface area contributed by atoms with E-state index in [1.807, 2.05) is 63.2 Å². The summed E-state index contributed by atoms with van der Waals surface area (Å²) in [6.45, 7) is 6.07. The zero-order valence-electron chi connectivity index (χ0n) is 20.5. The summed E-state index contributed by atoms with van der Waals surface area (Å²) in [5, 5.41) is 2.95. The Morgan fingerprint density at radius 2 is 1.67 bits per heavy atom. The van der Waals surface area contributed by atoms with Crippen LogP contribution in [0.5, 0.6) is 17.2 Å². The van der Waals surface area contributed by atoms with E-state index in [2.05, 4.69) is 5.32 Å². The summed E-state index contributed by atoms with van der Waals surface area (Å²) < 4.78 is 16.0. The molecule has 2 aromatic rings. The molecule has 0 heterocycles. The molecular weight excluding hydrogens is 420 g/mol. The summed E-state index contributed by atoms with van der Waals surface area (Å²) in [6.07, 6.45) is 1.31. The zero-order chi connectivity index (χ0) is 24.4. The van der Waals surface area contributed by atoms with E-state index in [-0.39, 0.29) is 24.3 Å². The molecule has 0 aliphatic heterocycles. The lowest BCUT2D eigenvalue weighted by Gasteiger charge is -2.31. The van der Waals surface area contributed by atoms with Crippen LogP contribution in [0.4, 0.5) is 0 Å². The number of rotatable bonds is 12. The standard InChI is InChI=1S/C26H36N2O5/c1-7-22(26(30)27-18(2)3)28(17-20-9-8-10-21(15-20)31-4)25(29)14-12-19-11-13-23(32-5)24(16-19)33-6/h8-11,13,15-16,18,22H,7,12,14,17H2,1-6H3,(H,27,30)/t22-/m0/s1. The van der Waals surface area contributed by atoms with E-state index in [1.54, 1.807) is 26.2 Å². The number of nitrogens with one attached hydrogen (secondary N) is 1. The Labute approximate surface area is 197 Å². The topological polar surface area (TPSA) is 77.1 Å². The van der Waals surface area contributed by atoms with Gasteiger partial charge >= 0.3 is 0 Å². The molecule has 0 bridgehead atoms. The minimum Gasteiger partial charge on any atom is -0.497 e. The number of hydrogen-bond donors (Lipinski definition) is 1. The molecule has 1 atom stereocenters. The predicted molar refractivity (Wildman–Crippen MR) is 129 cm³/mol. The fourth-order valence-electron chi connectivity index (χ4n) is 3.70. The number of hydrogen-bond acceptors (Lipinski definition) is 5. The Balaban J connectivity index is 2.25. The van der Waals surface area contributed by atoms with Gasteiger partial charge < -0.3 is 24.4 Å². The van der Waals surface area contributed by atoms with Gasteiger partial charge in [0.05, 0.1) is 21.3 Å². The number of aryl methyl sites for hydroxylation is 1. The lowest BCUT2D eigenvalue weighted by Crippen LogP contribution is -2.50. The van der Waals surface area contributed by atoms with Crippen molar-refractivity contribution in [2.75, 3.05) is 21.3 Å². The molecule has 0 spiro atoms. The van der Waals surface area contributed by atoms with Crippen molar-refractivity contribution in [1.82, 2.24) is 10.2 Å². The van der Waals surface area contributed by atoms with E-state index in [0.29, 0.717) is 36.6 Å². The maximum atomic E-state index is 13.4. The van der Waals surface area contributed by atoms with E-state index < -0.39 is 6.04 Å². The summed E-state index contributed by atoms with van der Waals surface area (Å²) in [5.74, 6) is 1.75. The van der Waals surface area contributed by atoms with E-state index in [4.69, 9.17) is 14.2 Å². The monoisotopic (exact) mass is 456 g/mol. The molecule has 0 fully saturated rings. The molecule has 0 saturated heterocycles. The summed E-state index contributed by atoms with van der Waals surface area (Å²) in [6, 6.07) is 12.6. The number of amides is 2. The van der Waals surface area contributed by atoms with E-state index in [0.717, 1.165) is 11.1 Å².